The number of benzene rings is 2. The maximum absolute atomic E-state index is 14.1. The van der Waals surface area contributed by atoms with Gasteiger partial charge in [0, 0.05) is 18.3 Å². The summed E-state index contributed by atoms with van der Waals surface area (Å²) in [5.74, 6) is -2.98. The zero-order chi connectivity index (χ0) is 37.1. The predicted molar refractivity (Wildman–Crippen MR) is 194 cm³/mol. The highest BCUT2D eigenvalue weighted by Gasteiger charge is 2.50. The van der Waals surface area contributed by atoms with Crippen LogP contribution in [0.3, 0.4) is 0 Å². The van der Waals surface area contributed by atoms with Crippen molar-refractivity contribution in [2.75, 3.05) is 6.61 Å². The molecule has 0 aliphatic carbocycles. The van der Waals surface area contributed by atoms with Crippen LogP contribution < -0.4 is 10.6 Å². The van der Waals surface area contributed by atoms with Crippen LogP contribution in [0.5, 0.6) is 0 Å². The number of rotatable bonds is 20. The van der Waals surface area contributed by atoms with Crippen LogP contribution in [0.1, 0.15) is 98.6 Å². The zero-order valence-electron chi connectivity index (χ0n) is 31.3. The fourth-order valence-electron chi connectivity index (χ4n) is 6.08. The van der Waals surface area contributed by atoms with E-state index >= 15 is 0 Å². The van der Waals surface area contributed by atoms with Crippen molar-refractivity contribution in [3.63, 3.8) is 0 Å². The van der Waals surface area contributed by atoms with E-state index in [-0.39, 0.29) is 48.6 Å². The number of carbonyl (C=O) groups is 5. The summed E-state index contributed by atoms with van der Waals surface area (Å²) in [6.07, 6.45) is 1.82. The van der Waals surface area contributed by atoms with Gasteiger partial charge in [0.2, 0.25) is 11.8 Å². The molecule has 5 atom stereocenters. The average Bonchev–Trinajstić information content (AvgIpc) is 3.79. The first-order valence-corrected chi connectivity index (χ1v) is 18.1. The van der Waals surface area contributed by atoms with Crippen molar-refractivity contribution in [3.05, 3.63) is 71.8 Å². The zero-order valence-corrected chi connectivity index (χ0v) is 31.3. The van der Waals surface area contributed by atoms with Gasteiger partial charge < -0.3 is 20.1 Å². The lowest BCUT2D eigenvalue weighted by Gasteiger charge is -2.27. The van der Waals surface area contributed by atoms with E-state index in [1.165, 1.54) is 0 Å². The molecule has 1 fully saturated rings. The molecule has 2 aromatic rings. The Balaban J connectivity index is 1.83. The molecule has 2 N–H and O–H groups in total. The Labute approximate surface area is 298 Å². The van der Waals surface area contributed by atoms with Crippen LogP contribution >= 0.6 is 0 Å². The number of hydrogen-bond acceptors (Lipinski definition) is 7. The number of ether oxygens (including phenoxy) is 2. The van der Waals surface area contributed by atoms with Gasteiger partial charge in [0.1, 0.15) is 11.2 Å². The van der Waals surface area contributed by atoms with Crippen molar-refractivity contribution in [1.29, 1.82) is 0 Å². The lowest BCUT2D eigenvalue weighted by atomic mass is 9.87. The van der Waals surface area contributed by atoms with Crippen LogP contribution in [0.25, 0.3) is 0 Å². The second kappa shape index (κ2) is 18.4. The van der Waals surface area contributed by atoms with Crippen LogP contribution in [0.15, 0.2) is 60.7 Å². The molecular formula is C41H58N2O7. The Morgan fingerprint density at radius 1 is 0.760 bits per heavy atom. The summed E-state index contributed by atoms with van der Waals surface area (Å²) in [6, 6.07) is 17.6. The molecule has 50 heavy (non-hydrogen) atoms. The Bertz CT molecular complexity index is 1430. The molecule has 0 bridgehead atoms. The largest absolute Gasteiger partial charge is 0.460 e. The molecular weight excluding hydrogens is 632 g/mol. The van der Waals surface area contributed by atoms with Crippen LogP contribution in [0, 0.1) is 23.7 Å². The normalized spacial score (nSPS) is 18.1. The van der Waals surface area contributed by atoms with Gasteiger partial charge in [-0.25, -0.2) is 0 Å². The molecule has 0 unspecified atom stereocenters. The van der Waals surface area contributed by atoms with Crippen LogP contribution in [-0.2, 0) is 46.3 Å². The third-order valence-electron chi connectivity index (χ3n) is 8.82. The molecule has 0 radical (unpaired) electrons. The summed E-state index contributed by atoms with van der Waals surface area (Å²) in [4.78, 5) is 68.2. The topological polar surface area (TPSA) is 131 Å². The molecule has 9 heteroatoms. The maximum atomic E-state index is 14.1. The molecule has 9 nitrogen and oxygen atoms in total. The molecule has 274 valence electrons. The highest BCUT2D eigenvalue weighted by atomic mass is 16.6. The first-order valence-electron chi connectivity index (χ1n) is 18.1. The number of esters is 1. The third kappa shape index (κ3) is 13.8. The second-order valence-corrected chi connectivity index (χ2v) is 15.8. The lowest BCUT2D eigenvalue weighted by Crippen LogP contribution is -2.50. The van der Waals surface area contributed by atoms with Gasteiger partial charge in [-0.2, -0.15) is 0 Å². The number of aryl methyl sites for hydroxylation is 1. The monoisotopic (exact) mass is 690 g/mol. The first-order chi connectivity index (χ1) is 23.5. The van der Waals surface area contributed by atoms with E-state index in [1.807, 2.05) is 88.4 Å². The summed E-state index contributed by atoms with van der Waals surface area (Å²) in [7, 11) is 0. The van der Waals surface area contributed by atoms with E-state index in [2.05, 4.69) is 10.6 Å². The minimum atomic E-state index is -0.902. The lowest BCUT2D eigenvalue weighted by molar-refractivity contribution is -0.157. The van der Waals surface area contributed by atoms with Gasteiger partial charge in [-0.05, 0) is 82.8 Å². The Hall–Kier alpha value is -3.85. The molecule has 0 aromatic heterocycles. The smallest absolute Gasteiger partial charge is 0.307 e. The third-order valence-corrected chi connectivity index (χ3v) is 8.82. The molecule has 2 amide bonds. The van der Waals surface area contributed by atoms with Gasteiger partial charge >= 0.3 is 5.97 Å². The molecule has 3 rings (SSSR count). The van der Waals surface area contributed by atoms with Crippen LogP contribution in [0.4, 0.5) is 0 Å². The van der Waals surface area contributed by atoms with Crippen molar-refractivity contribution in [2.45, 2.75) is 124 Å². The number of carbonyl (C=O) groups excluding carboxylic acids is 5. The molecule has 0 spiro atoms. The summed E-state index contributed by atoms with van der Waals surface area (Å²) in [5.41, 5.74) is 0.313. The van der Waals surface area contributed by atoms with E-state index in [0.717, 1.165) is 11.1 Å². The number of nitrogens with one attached hydrogen (secondary N) is 2. The van der Waals surface area contributed by atoms with Crippen molar-refractivity contribution in [3.8, 4) is 0 Å². The fourth-order valence-corrected chi connectivity index (χ4v) is 6.08. The fraction of sp³-hybridized carbons (Fsp3) is 0.585. The van der Waals surface area contributed by atoms with Gasteiger partial charge in [0.25, 0.3) is 0 Å². The van der Waals surface area contributed by atoms with E-state index in [4.69, 9.17) is 9.47 Å². The second-order valence-electron chi connectivity index (χ2n) is 15.8. The maximum Gasteiger partial charge on any atom is 0.307 e. The van der Waals surface area contributed by atoms with Gasteiger partial charge in [-0.3, -0.25) is 24.0 Å². The SMILES string of the molecule is CC(C)C[C@H](NC(=O)[C@H](CCc1ccccc1)CC(=O)OC(C)(C)C)C(=O)C[C@@H](Cc1ccccc1)C(=O)N[C@H](CC(C)C)C(=O)[C@@]1(C)CO1. The minimum Gasteiger partial charge on any atom is -0.460 e. The molecule has 1 aliphatic heterocycles. The number of amides is 2. The van der Waals surface area contributed by atoms with Crippen LogP contribution in [-0.4, -0.2) is 59.2 Å². The molecule has 0 saturated carbocycles. The van der Waals surface area contributed by atoms with Crippen molar-refractivity contribution in [1.82, 2.24) is 10.6 Å². The summed E-state index contributed by atoms with van der Waals surface area (Å²) in [6.45, 7) is 15.3. The Morgan fingerprint density at radius 2 is 1.26 bits per heavy atom. The first kappa shape index (κ1) is 40.6. The standard InChI is InChI=1S/C41H58N2O7/c1-27(2)21-33(42-38(47)31(25-36(45)50-40(5,6)7)20-19-29-15-11-9-12-16-29)35(44)24-32(23-30-17-13-10-14-18-30)39(48)43-34(22-28(3)4)37(46)41(8)26-49-41/h9-18,27-28,31-34H,19-26H2,1-8H3,(H,42,47)(H,43,48)/t31-,32-,33+,34-,41-/m1/s1. The summed E-state index contributed by atoms with van der Waals surface area (Å²) < 4.78 is 11.0. The Kier molecular flexibility index (Phi) is 14.9. The van der Waals surface area contributed by atoms with Gasteiger partial charge in [0.15, 0.2) is 11.6 Å². The van der Waals surface area contributed by atoms with E-state index < -0.39 is 47.0 Å². The van der Waals surface area contributed by atoms with Gasteiger partial charge in [0.05, 0.1) is 25.1 Å². The van der Waals surface area contributed by atoms with Crippen molar-refractivity contribution < 1.29 is 33.4 Å². The van der Waals surface area contributed by atoms with E-state index in [1.54, 1.807) is 27.7 Å². The molecule has 1 saturated heterocycles. The predicted octanol–water partition coefficient (Wildman–Crippen LogP) is 6.21. The summed E-state index contributed by atoms with van der Waals surface area (Å²) >= 11 is 0. The van der Waals surface area contributed by atoms with Gasteiger partial charge in [-0.15, -0.1) is 0 Å². The number of epoxide rings is 1. The quantitative estimate of drug-likeness (QED) is 0.125. The van der Waals surface area contributed by atoms with Crippen molar-refractivity contribution in [2.24, 2.45) is 23.7 Å². The van der Waals surface area contributed by atoms with Gasteiger partial charge in [-0.1, -0.05) is 88.4 Å². The van der Waals surface area contributed by atoms with E-state index in [9.17, 15) is 24.0 Å². The number of hydrogen-bond donors (Lipinski definition) is 2. The average molecular weight is 691 g/mol. The Morgan fingerprint density at radius 3 is 1.78 bits per heavy atom. The molecule has 2 aromatic carbocycles. The number of Topliss-reactive ketones (excluding diaryl/α,β-unsaturated/α-hetero) is 2. The van der Waals surface area contributed by atoms with E-state index in [0.29, 0.717) is 32.3 Å². The molecule has 1 aliphatic rings. The number of ketones is 2. The minimum absolute atomic E-state index is 0.0617. The highest BCUT2D eigenvalue weighted by Crippen LogP contribution is 2.30. The molecule has 1 heterocycles. The van der Waals surface area contributed by atoms with Crippen LogP contribution in [0.2, 0.25) is 0 Å². The summed E-state index contributed by atoms with van der Waals surface area (Å²) in [5, 5.41) is 5.95. The highest BCUT2D eigenvalue weighted by molar-refractivity contribution is 5.98. The van der Waals surface area contributed by atoms with Crippen molar-refractivity contribution >= 4 is 29.4 Å².